The van der Waals surface area contributed by atoms with E-state index in [1.54, 1.807) is 6.07 Å². The largest absolute Gasteiger partial charge is 0.495 e. The summed E-state index contributed by atoms with van der Waals surface area (Å²) in [6.45, 7) is 0. The quantitative estimate of drug-likeness (QED) is 0.360. The van der Waals surface area contributed by atoms with Gasteiger partial charge in [-0.1, -0.05) is 78.3 Å². The number of methoxy groups -OCH3 is 1. The van der Waals surface area contributed by atoms with Crippen molar-refractivity contribution in [2.75, 3.05) is 12.4 Å². The molecule has 0 fully saturated rings. The van der Waals surface area contributed by atoms with E-state index in [0.29, 0.717) is 11.4 Å². The second-order valence-electron chi connectivity index (χ2n) is 7.68. The number of carbonyl (C=O) groups is 1. The summed E-state index contributed by atoms with van der Waals surface area (Å²) in [4.78, 5) is 13.3. The molecule has 6 nitrogen and oxygen atoms in total. The van der Waals surface area contributed by atoms with Crippen molar-refractivity contribution in [2.45, 2.75) is 17.4 Å². The fourth-order valence-corrected chi connectivity index (χ4v) is 5.21. The molecular weight excluding hydrogens is 472 g/mol. The van der Waals surface area contributed by atoms with Gasteiger partial charge >= 0.3 is 0 Å². The number of amides is 1. The molecule has 4 aromatic rings. The van der Waals surface area contributed by atoms with Crippen molar-refractivity contribution in [3.63, 3.8) is 0 Å². The molecule has 34 heavy (non-hydrogen) atoms. The fraction of sp³-hybridized carbons (Fsp3) is 0.115. The summed E-state index contributed by atoms with van der Waals surface area (Å²) >= 11 is 6.13. The van der Waals surface area contributed by atoms with Gasteiger partial charge in [-0.3, -0.25) is 4.79 Å². The van der Waals surface area contributed by atoms with Gasteiger partial charge in [-0.05, 0) is 41.6 Å². The lowest BCUT2D eigenvalue weighted by molar-refractivity contribution is -0.117. The predicted molar refractivity (Wildman–Crippen MR) is 135 cm³/mol. The molecule has 0 saturated carbocycles. The second kappa shape index (κ2) is 10.3. The Morgan fingerprint density at radius 3 is 2.38 bits per heavy atom. The molecular formula is C26H23ClN2O4S. The average Bonchev–Trinajstić information content (AvgIpc) is 2.84. The zero-order valence-electron chi connectivity index (χ0n) is 18.4. The van der Waals surface area contributed by atoms with Gasteiger partial charge in [0.1, 0.15) is 11.8 Å². The van der Waals surface area contributed by atoms with E-state index in [1.165, 1.54) is 25.3 Å². The lowest BCUT2D eigenvalue weighted by Crippen LogP contribution is -2.45. The first-order valence-corrected chi connectivity index (χ1v) is 12.4. The topological polar surface area (TPSA) is 84.5 Å². The summed E-state index contributed by atoms with van der Waals surface area (Å²) in [6, 6.07) is 25.5. The van der Waals surface area contributed by atoms with E-state index in [1.807, 2.05) is 66.7 Å². The molecule has 1 amide bonds. The first kappa shape index (κ1) is 23.8. The molecule has 0 aliphatic rings. The van der Waals surface area contributed by atoms with Crippen LogP contribution >= 0.6 is 11.6 Å². The van der Waals surface area contributed by atoms with Crippen LogP contribution in [0.4, 0.5) is 5.69 Å². The van der Waals surface area contributed by atoms with Gasteiger partial charge in [-0.25, -0.2) is 8.42 Å². The Morgan fingerprint density at radius 2 is 1.65 bits per heavy atom. The van der Waals surface area contributed by atoms with E-state index >= 15 is 0 Å². The SMILES string of the molecule is COc1ccc(S(=O)(=O)NC(Cc2ccccc2)C(=O)Nc2cccc3ccccc23)cc1Cl. The number of fused-ring (bicyclic) bond motifs is 1. The first-order valence-electron chi connectivity index (χ1n) is 10.6. The molecule has 0 radical (unpaired) electrons. The summed E-state index contributed by atoms with van der Waals surface area (Å²) in [6.07, 6.45) is 0.167. The van der Waals surface area contributed by atoms with E-state index < -0.39 is 22.0 Å². The minimum Gasteiger partial charge on any atom is -0.495 e. The highest BCUT2D eigenvalue weighted by Gasteiger charge is 2.27. The van der Waals surface area contributed by atoms with Crippen molar-refractivity contribution in [1.29, 1.82) is 0 Å². The van der Waals surface area contributed by atoms with Crippen LogP contribution in [0.25, 0.3) is 10.8 Å². The van der Waals surface area contributed by atoms with Crippen LogP contribution in [0.1, 0.15) is 5.56 Å². The Morgan fingerprint density at radius 1 is 0.941 bits per heavy atom. The second-order valence-corrected chi connectivity index (χ2v) is 9.80. The third-order valence-corrected chi connectivity index (χ3v) is 7.14. The van der Waals surface area contributed by atoms with E-state index in [2.05, 4.69) is 10.0 Å². The van der Waals surface area contributed by atoms with Crippen LogP contribution in [0.2, 0.25) is 5.02 Å². The average molecular weight is 495 g/mol. The normalized spacial score (nSPS) is 12.3. The number of rotatable bonds is 8. The maximum atomic E-state index is 13.4. The van der Waals surface area contributed by atoms with Gasteiger partial charge in [0, 0.05) is 11.1 Å². The van der Waals surface area contributed by atoms with Gasteiger partial charge < -0.3 is 10.1 Å². The smallest absolute Gasteiger partial charge is 0.242 e. The van der Waals surface area contributed by atoms with Crippen molar-refractivity contribution in [3.05, 3.63) is 102 Å². The maximum absolute atomic E-state index is 13.4. The Labute approximate surface area is 203 Å². The highest BCUT2D eigenvalue weighted by atomic mass is 35.5. The highest BCUT2D eigenvalue weighted by Crippen LogP contribution is 2.27. The van der Waals surface area contributed by atoms with E-state index in [4.69, 9.17) is 16.3 Å². The Balaban J connectivity index is 1.65. The predicted octanol–water partition coefficient (Wildman–Crippen LogP) is 5.03. The minimum absolute atomic E-state index is 0.0608. The standard InChI is InChI=1S/C26H23ClN2O4S/c1-33-25-15-14-20(17-22(25)27)34(31,32)29-24(16-18-8-3-2-4-9-18)26(30)28-23-13-7-11-19-10-5-6-12-21(19)23/h2-15,17,24,29H,16H2,1H3,(H,28,30). The monoisotopic (exact) mass is 494 g/mol. The van der Waals surface area contributed by atoms with Gasteiger partial charge in [0.2, 0.25) is 15.9 Å². The molecule has 8 heteroatoms. The number of hydrogen-bond donors (Lipinski definition) is 2. The first-order chi connectivity index (χ1) is 16.4. The molecule has 1 unspecified atom stereocenters. The third-order valence-electron chi connectivity index (χ3n) is 5.38. The Hall–Kier alpha value is -3.39. The fourth-order valence-electron chi connectivity index (χ4n) is 3.66. The number of halogens is 1. The van der Waals surface area contributed by atoms with Crippen LogP contribution < -0.4 is 14.8 Å². The molecule has 0 spiro atoms. The molecule has 2 N–H and O–H groups in total. The lowest BCUT2D eigenvalue weighted by atomic mass is 10.1. The van der Waals surface area contributed by atoms with Crippen molar-refractivity contribution in [3.8, 4) is 5.75 Å². The maximum Gasteiger partial charge on any atom is 0.242 e. The number of benzene rings is 4. The molecule has 4 rings (SSSR count). The molecule has 0 heterocycles. The number of carbonyl (C=O) groups excluding carboxylic acids is 1. The summed E-state index contributed by atoms with van der Waals surface area (Å²) in [5.74, 6) is -0.112. The Kier molecular flexibility index (Phi) is 7.17. The molecule has 0 aromatic heterocycles. The lowest BCUT2D eigenvalue weighted by Gasteiger charge is -2.20. The molecule has 0 saturated heterocycles. The third kappa shape index (κ3) is 5.39. The van der Waals surface area contributed by atoms with Gasteiger partial charge in [-0.2, -0.15) is 4.72 Å². The van der Waals surface area contributed by atoms with Gasteiger partial charge in [-0.15, -0.1) is 0 Å². The number of nitrogens with one attached hydrogen (secondary N) is 2. The zero-order chi connectivity index (χ0) is 24.1. The van der Waals surface area contributed by atoms with Crippen molar-refractivity contribution >= 4 is 44.0 Å². The molecule has 0 bridgehead atoms. The molecule has 0 aliphatic heterocycles. The van der Waals surface area contributed by atoms with Crippen LogP contribution in [0.5, 0.6) is 5.75 Å². The molecule has 4 aromatic carbocycles. The van der Waals surface area contributed by atoms with Crippen LogP contribution in [0.3, 0.4) is 0 Å². The number of anilines is 1. The van der Waals surface area contributed by atoms with E-state index in [-0.39, 0.29) is 16.3 Å². The van der Waals surface area contributed by atoms with Crippen molar-refractivity contribution in [1.82, 2.24) is 4.72 Å². The van der Waals surface area contributed by atoms with Crippen LogP contribution in [-0.4, -0.2) is 27.5 Å². The van der Waals surface area contributed by atoms with Gasteiger partial charge in [0.15, 0.2) is 0 Å². The minimum atomic E-state index is -4.06. The summed E-state index contributed by atoms with van der Waals surface area (Å²) in [5.41, 5.74) is 1.42. The summed E-state index contributed by atoms with van der Waals surface area (Å²) in [5, 5.41) is 4.88. The van der Waals surface area contributed by atoms with Crippen LogP contribution in [0.15, 0.2) is 95.9 Å². The highest BCUT2D eigenvalue weighted by molar-refractivity contribution is 7.89. The Bertz CT molecular complexity index is 1420. The van der Waals surface area contributed by atoms with Crippen LogP contribution in [-0.2, 0) is 21.2 Å². The molecule has 0 aliphatic carbocycles. The van der Waals surface area contributed by atoms with Crippen molar-refractivity contribution in [2.24, 2.45) is 0 Å². The number of sulfonamides is 1. The number of ether oxygens (including phenoxy) is 1. The summed E-state index contributed by atoms with van der Waals surface area (Å²) < 4.78 is 34.0. The van der Waals surface area contributed by atoms with Crippen LogP contribution in [0, 0.1) is 0 Å². The molecule has 174 valence electrons. The van der Waals surface area contributed by atoms with E-state index in [0.717, 1.165) is 16.3 Å². The molecule has 1 atom stereocenters. The summed E-state index contributed by atoms with van der Waals surface area (Å²) in [7, 11) is -2.61. The van der Waals surface area contributed by atoms with E-state index in [9.17, 15) is 13.2 Å². The van der Waals surface area contributed by atoms with Gasteiger partial charge in [0.25, 0.3) is 0 Å². The van der Waals surface area contributed by atoms with Gasteiger partial charge in [0.05, 0.1) is 17.0 Å². The zero-order valence-corrected chi connectivity index (χ0v) is 19.9. The van der Waals surface area contributed by atoms with Crippen molar-refractivity contribution < 1.29 is 17.9 Å². The number of hydrogen-bond acceptors (Lipinski definition) is 4.